The van der Waals surface area contributed by atoms with Gasteiger partial charge < -0.3 is 11.1 Å². The normalized spacial score (nSPS) is 17.4. The number of nitrogens with one attached hydrogen (secondary N) is 1. The molecule has 1 aliphatic heterocycles. The lowest BCUT2D eigenvalue weighted by atomic mass is 9.99. The van der Waals surface area contributed by atoms with E-state index in [0.29, 0.717) is 29.9 Å². The second-order valence-corrected chi connectivity index (χ2v) is 5.46. The summed E-state index contributed by atoms with van der Waals surface area (Å²) in [6, 6.07) is 4.94. The maximum Gasteiger partial charge on any atom is 0.416 e. The van der Waals surface area contributed by atoms with Crippen LogP contribution in [0.25, 0.3) is 0 Å². The quantitative estimate of drug-likeness (QED) is 0.910. The molecule has 8 heteroatoms. The van der Waals surface area contributed by atoms with E-state index in [1.807, 2.05) is 0 Å². The lowest BCUT2D eigenvalue weighted by Gasteiger charge is -2.27. The van der Waals surface area contributed by atoms with E-state index in [2.05, 4.69) is 10.4 Å². The number of primary amides is 1. The molecule has 1 amide bonds. The van der Waals surface area contributed by atoms with E-state index >= 15 is 0 Å². The summed E-state index contributed by atoms with van der Waals surface area (Å²) in [7, 11) is 0. The van der Waals surface area contributed by atoms with Crippen LogP contribution < -0.4 is 11.1 Å². The first kappa shape index (κ1) is 15.4. The number of amides is 1. The van der Waals surface area contributed by atoms with E-state index in [4.69, 9.17) is 5.73 Å². The molecule has 3 rings (SSSR count). The van der Waals surface area contributed by atoms with Crippen LogP contribution in [0.3, 0.4) is 0 Å². The SMILES string of the molecule is NC(=O)Cc1cnn2c1NCCC2c1cccc(C(F)(F)F)c1. The lowest BCUT2D eigenvalue weighted by molar-refractivity contribution is -0.137. The standard InChI is InChI=1S/C15H15F3N4O/c16-15(17,18)11-3-1-2-9(6-11)12-4-5-20-14-10(7-13(19)23)8-21-22(12)14/h1-3,6,8,12,20H,4-5,7H2,(H2,19,23). The zero-order chi connectivity index (χ0) is 16.6. The Kier molecular flexibility index (Phi) is 3.75. The Morgan fingerprint density at radius 1 is 1.43 bits per heavy atom. The predicted molar refractivity (Wildman–Crippen MR) is 77.8 cm³/mol. The van der Waals surface area contributed by atoms with Crippen molar-refractivity contribution in [2.45, 2.75) is 25.1 Å². The molecule has 1 atom stereocenters. The number of nitrogens with zero attached hydrogens (tertiary/aromatic N) is 2. The molecule has 2 heterocycles. The summed E-state index contributed by atoms with van der Waals surface area (Å²) in [5.74, 6) is 0.154. The highest BCUT2D eigenvalue weighted by atomic mass is 19.4. The number of hydrogen-bond donors (Lipinski definition) is 2. The minimum Gasteiger partial charge on any atom is -0.370 e. The van der Waals surface area contributed by atoms with Crippen LogP contribution in [0.15, 0.2) is 30.5 Å². The second kappa shape index (κ2) is 5.60. The first-order valence-electron chi connectivity index (χ1n) is 7.12. The molecule has 3 N–H and O–H groups in total. The smallest absolute Gasteiger partial charge is 0.370 e. The number of aromatic nitrogens is 2. The number of carbonyl (C=O) groups excluding carboxylic acids is 1. The minimum atomic E-state index is -4.38. The Morgan fingerprint density at radius 2 is 2.22 bits per heavy atom. The van der Waals surface area contributed by atoms with Gasteiger partial charge in [0.05, 0.1) is 24.2 Å². The molecule has 0 spiro atoms. The number of anilines is 1. The summed E-state index contributed by atoms with van der Waals surface area (Å²) in [4.78, 5) is 11.1. The summed E-state index contributed by atoms with van der Waals surface area (Å²) in [5, 5.41) is 7.36. The number of nitrogens with two attached hydrogens (primary N) is 1. The number of fused-ring (bicyclic) bond motifs is 1. The van der Waals surface area contributed by atoms with Gasteiger partial charge in [0.25, 0.3) is 0 Å². The third-order valence-corrected chi connectivity index (χ3v) is 3.84. The molecule has 23 heavy (non-hydrogen) atoms. The van der Waals surface area contributed by atoms with Crippen molar-refractivity contribution >= 4 is 11.7 Å². The number of hydrogen-bond acceptors (Lipinski definition) is 3. The van der Waals surface area contributed by atoms with Gasteiger partial charge in [-0.15, -0.1) is 0 Å². The van der Waals surface area contributed by atoms with E-state index in [-0.39, 0.29) is 12.5 Å². The largest absolute Gasteiger partial charge is 0.416 e. The van der Waals surface area contributed by atoms with Crippen molar-refractivity contribution in [1.29, 1.82) is 0 Å². The monoisotopic (exact) mass is 324 g/mol. The van der Waals surface area contributed by atoms with Crippen LogP contribution in [-0.2, 0) is 17.4 Å². The predicted octanol–water partition coefficient (Wildman–Crippen LogP) is 2.33. The highest BCUT2D eigenvalue weighted by Crippen LogP contribution is 2.35. The van der Waals surface area contributed by atoms with Crippen molar-refractivity contribution < 1.29 is 18.0 Å². The molecule has 0 saturated heterocycles. The molecule has 1 aromatic heterocycles. The van der Waals surface area contributed by atoms with Gasteiger partial charge in [0.2, 0.25) is 5.91 Å². The molecule has 2 aromatic rings. The van der Waals surface area contributed by atoms with Crippen molar-refractivity contribution in [3.63, 3.8) is 0 Å². The van der Waals surface area contributed by atoms with Crippen LogP contribution in [0.5, 0.6) is 0 Å². The molecule has 1 aliphatic rings. The molecule has 0 fully saturated rings. The number of rotatable bonds is 3. The number of benzene rings is 1. The van der Waals surface area contributed by atoms with Gasteiger partial charge in [-0.05, 0) is 24.1 Å². The van der Waals surface area contributed by atoms with E-state index in [1.54, 1.807) is 10.7 Å². The zero-order valence-electron chi connectivity index (χ0n) is 12.1. The van der Waals surface area contributed by atoms with Gasteiger partial charge in [-0.1, -0.05) is 12.1 Å². The van der Waals surface area contributed by atoms with Crippen LogP contribution in [0.4, 0.5) is 19.0 Å². The highest BCUT2D eigenvalue weighted by Gasteiger charge is 2.32. The maximum atomic E-state index is 12.9. The van der Waals surface area contributed by atoms with Crippen molar-refractivity contribution in [3.05, 3.63) is 47.2 Å². The molecule has 1 unspecified atom stereocenters. The third-order valence-electron chi connectivity index (χ3n) is 3.84. The fraction of sp³-hybridized carbons (Fsp3) is 0.333. The van der Waals surface area contributed by atoms with Gasteiger partial charge in [-0.2, -0.15) is 18.3 Å². The van der Waals surface area contributed by atoms with E-state index in [0.717, 1.165) is 12.1 Å². The second-order valence-electron chi connectivity index (χ2n) is 5.46. The fourth-order valence-corrected chi connectivity index (χ4v) is 2.83. The van der Waals surface area contributed by atoms with Crippen molar-refractivity contribution in [1.82, 2.24) is 9.78 Å². The first-order chi connectivity index (χ1) is 10.9. The van der Waals surface area contributed by atoms with Crippen molar-refractivity contribution in [2.75, 3.05) is 11.9 Å². The third kappa shape index (κ3) is 3.01. The van der Waals surface area contributed by atoms with Gasteiger partial charge in [0, 0.05) is 12.1 Å². The summed E-state index contributed by atoms with van der Waals surface area (Å²) >= 11 is 0. The molecule has 1 aromatic carbocycles. The molecule has 0 radical (unpaired) electrons. The summed E-state index contributed by atoms with van der Waals surface area (Å²) in [6.45, 7) is 0.582. The Balaban J connectivity index is 1.98. The number of alkyl halides is 3. The van der Waals surface area contributed by atoms with Crippen LogP contribution in [0.2, 0.25) is 0 Å². The molecule has 5 nitrogen and oxygen atoms in total. The summed E-state index contributed by atoms with van der Waals surface area (Å²) in [6.07, 6.45) is -2.21. The maximum absolute atomic E-state index is 12.9. The Morgan fingerprint density at radius 3 is 2.91 bits per heavy atom. The molecule has 0 bridgehead atoms. The first-order valence-corrected chi connectivity index (χ1v) is 7.12. The van der Waals surface area contributed by atoms with Crippen LogP contribution in [-0.4, -0.2) is 22.2 Å². The number of halogens is 3. The van der Waals surface area contributed by atoms with Crippen LogP contribution in [0, 0.1) is 0 Å². The fourth-order valence-electron chi connectivity index (χ4n) is 2.83. The van der Waals surface area contributed by atoms with Crippen molar-refractivity contribution in [2.24, 2.45) is 5.73 Å². The van der Waals surface area contributed by atoms with Crippen LogP contribution >= 0.6 is 0 Å². The summed E-state index contributed by atoms with van der Waals surface area (Å²) < 4.78 is 40.3. The van der Waals surface area contributed by atoms with Gasteiger partial charge in [0.15, 0.2) is 0 Å². The molecule has 0 aliphatic carbocycles. The molecule has 0 saturated carbocycles. The van der Waals surface area contributed by atoms with E-state index in [9.17, 15) is 18.0 Å². The van der Waals surface area contributed by atoms with Gasteiger partial charge in [0.1, 0.15) is 5.82 Å². The zero-order valence-corrected chi connectivity index (χ0v) is 12.1. The van der Waals surface area contributed by atoms with E-state index < -0.39 is 17.6 Å². The number of carbonyl (C=O) groups is 1. The summed E-state index contributed by atoms with van der Waals surface area (Å²) in [5.41, 5.74) is 5.71. The highest BCUT2D eigenvalue weighted by molar-refractivity contribution is 5.78. The topological polar surface area (TPSA) is 72.9 Å². The van der Waals surface area contributed by atoms with Gasteiger partial charge in [-0.3, -0.25) is 4.79 Å². The van der Waals surface area contributed by atoms with Gasteiger partial charge in [-0.25, -0.2) is 4.68 Å². The average Bonchev–Trinajstić information content (AvgIpc) is 2.89. The minimum absolute atomic E-state index is 0.0393. The lowest BCUT2D eigenvalue weighted by Crippen LogP contribution is -2.25. The Labute approximate surface area is 130 Å². The van der Waals surface area contributed by atoms with E-state index in [1.165, 1.54) is 12.3 Å². The van der Waals surface area contributed by atoms with Gasteiger partial charge >= 0.3 is 6.18 Å². The average molecular weight is 324 g/mol. The molecular weight excluding hydrogens is 309 g/mol. The van der Waals surface area contributed by atoms with Crippen LogP contribution in [0.1, 0.15) is 29.2 Å². The molecular formula is C15H15F3N4O. The molecule has 122 valence electrons. The Bertz CT molecular complexity index is 739. The Hall–Kier alpha value is -2.51. The van der Waals surface area contributed by atoms with Crippen molar-refractivity contribution in [3.8, 4) is 0 Å².